The van der Waals surface area contributed by atoms with Gasteiger partial charge in [-0.2, -0.15) is 0 Å². The third-order valence-electron chi connectivity index (χ3n) is 10.6. The molecule has 1 saturated heterocycles. The lowest BCUT2D eigenvalue weighted by atomic mass is 9.85. The van der Waals surface area contributed by atoms with Crippen molar-refractivity contribution >= 4 is 39.9 Å². The monoisotopic (exact) mass is 712 g/mol. The second-order valence-corrected chi connectivity index (χ2v) is 17.4. The lowest BCUT2D eigenvalue weighted by molar-refractivity contribution is -0.142. The molecule has 1 aromatic rings. The van der Waals surface area contributed by atoms with E-state index in [1.54, 1.807) is 16.8 Å². The maximum absolute atomic E-state index is 14.4. The van der Waals surface area contributed by atoms with Gasteiger partial charge in [0.1, 0.15) is 23.7 Å². The molecule has 0 unspecified atom stereocenters. The van der Waals surface area contributed by atoms with E-state index in [9.17, 15) is 32.4 Å². The lowest BCUT2D eigenvalue weighted by Crippen LogP contribution is -2.61. The van der Waals surface area contributed by atoms with Gasteiger partial charge in [-0.3, -0.25) is 24.0 Å². The summed E-state index contributed by atoms with van der Waals surface area (Å²) in [5.41, 5.74) is 0.933. The number of benzene rings is 1. The van der Waals surface area contributed by atoms with Crippen LogP contribution >= 0.6 is 0 Å². The Bertz CT molecular complexity index is 1700. The standard InChI is InChI=1S/C35H48N6O8S/c1-6-23-17-35(23,31(44)38-50(47,48)25-13-14-25)37-29(42)27-16-24-19-41(27)30(43)28(34(2,3)4)36-32(45)39(5)15-8-7-10-21-11-9-12-22-18-40(20-26(21)22)33(46)49-24/h6,9,11-12,23-25,27-28H,1,7-8,10,13-20H2,2-5H3,(H,36,45)(H,37,42)(H,38,44)/t23-,24-,27+,28-,35-/m1/s1. The molecule has 15 heteroatoms. The van der Waals surface area contributed by atoms with Crippen molar-refractivity contribution in [1.82, 2.24) is 30.1 Å². The third kappa shape index (κ3) is 7.06. The van der Waals surface area contributed by atoms with E-state index in [1.807, 2.05) is 32.9 Å². The van der Waals surface area contributed by atoms with Crippen molar-refractivity contribution in [2.45, 2.75) is 108 Å². The number of hydrogen-bond donors (Lipinski definition) is 3. The SMILES string of the molecule is C=C[C@@H]1C[C@]1(NC(=O)[C@@H]1C[C@@H]2CN1C(=O)[C@H](C(C)(C)C)NC(=O)N(C)CCCCc1cccc3c1CN(C3)C(=O)O2)C(=O)NS(=O)(=O)C1CC1. The highest BCUT2D eigenvalue weighted by atomic mass is 32.2. The highest BCUT2D eigenvalue weighted by Crippen LogP contribution is 2.45. The number of fused-ring (bicyclic) bond motifs is 3. The van der Waals surface area contributed by atoms with Crippen LogP contribution in [0.5, 0.6) is 0 Å². The first kappa shape index (κ1) is 35.7. The van der Waals surface area contributed by atoms with Crippen LogP contribution in [0.25, 0.3) is 0 Å². The molecule has 2 saturated carbocycles. The number of urea groups is 1. The van der Waals surface area contributed by atoms with Crippen LogP contribution in [0.1, 0.15) is 76.0 Å². The van der Waals surface area contributed by atoms with E-state index in [2.05, 4.69) is 28.0 Å². The quantitative estimate of drug-likeness (QED) is 0.377. The minimum absolute atomic E-state index is 0.0586. The van der Waals surface area contributed by atoms with Crippen molar-refractivity contribution in [3.63, 3.8) is 0 Å². The Balaban J connectivity index is 1.29. The second-order valence-electron chi connectivity index (χ2n) is 15.5. The number of hydrogen-bond acceptors (Lipinski definition) is 8. The Morgan fingerprint density at radius 1 is 1.10 bits per heavy atom. The maximum atomic E-state index is 14.4. The maximum Gasteiger partial charge on any atom is 0.410 e. The molecular weight excluding hydrogens is 664 g/mol. The van der Waals surface area contributed by atoms with E-state index in [0.717, 1.165) is 36.0 Å². The largest absolute Gasteiger partial charge is 0.444 e. The molecular formula is C35H48N6O8S. The molecule has 6 amide bonds. The van der Waals surface area contributed by atoms with E-state index in [4.69, 9.17) is 4.74 Å². The summed E-state index contributed by atoms with van der Waals surface area (Å²) < 4.78 is 33.4. The molecule has 1 aromatic carbocycles. The number of carbonyl (C=O) groups excluding carboxylic acids is 5. The summed E-state index contributed by atoms with van der Waals surface area (Å²) in [5.74, 6) is -2.61. The average Bonchev–Trinajstić information content (AvgIpc) is 3.94. The molecule has 3 heterocycles. The molecule has 2 aliphatic carbocycles. The number of amides is 6. The number of carbonyl (C=O) groups is 5. The van der Waals surface area contributed by atoms with E-state index in [1.165, 1.54) is 11.0 Å². The molecule has 3 fully saturated rings. The molecule has 6 rings (SSSR count). The molecule has 5 aliphatic rings. The van der Waals surface area contributed by atoms with Crippen LogP contribution in [-0.4, -0.2) is 102 Å². The zero-order valence-electron chi connectivity index (χ0n) is 29.2. The number of nitrogens with one attached hydrogen (secondary N) is 3. The topological polar surface area (TPSA) is 175 Å². The van der Waals surface area contributed by atoms with E-state index in [-0.39, 0.29) is 19.4 Å². The summed E-state index contributed by atoms with van der Waals surface area (Å²) >= 11 is 0. The number of ether oxygens (including phenoxy) is 1. The number of aryl methyl sites for hydroxylation is 1. The third-order valence-corrected chi connectivity index (χ3v) is 12.4. The zero-order valence-corrected chi connectivity index (χ0v) is 30.0. The van der Waals surface area contributed by atoms with Gasteiger partial charge in [-0.05, 0) is 60.6 Å². The number of sulfonamides is 1. The molecule has 272 valence electrons. The van der Waals surface area contributed by atoms with Crippen LogP contribution < -0.4 is 15.4 Å². The van der Waals surface area contributed by atoms with Crippen molar-refractivity contribution in [2.75, 3.05) is 20.1 Å². The van der Waals surface area contributed by atoms with Gasteiger partial charge in [0.25, 0.3) is 5.91 Å². The van der Waals surface area contributed by atoms with Gasteiger partial charge in [0, 0.05) is 39.0 Å². The average molecular weight is 713 g/mol. The first-order chi connectivity index (χ1) is 23.5. The Hall–Kier alpha value is -4.14. The normalized spacial score (nSPS) is 29.0. The van der Waals surface area contributed by atoms with Crippen molar-refractivity contribution in [1.29, 1.82) is 0 Å². The highest BCUT2D eigenvalue weighted by Gasteiger charge is 2.62. The Kier molecular flexibility index (Phi) is 9.42. The lowest BCUT2D eigenvalue weighted by Gasteiger charge is -2.36. The van der Waals surface area contributed by atoms with Crippen molar-refractivity contribution < 1.29 is 37.1 Å². The smallest absolute Gasteiger partial charge is 0.410 e. The molecule has 50 heavy (non-hydrogen) atoms. The Morgan fingerprint density at radius 2 is 1.82 bits per heavy atom. The van der Waals surface area contributed by atoms with Gasteiger partial charge in [0.2, 0.25) is 21.8 Å². The van der Waals surface area contributed by atoms with Crippen LogP contribution in [0, 0.1) is 11.3 Å². The van der Waals surface area contributed by atoms with Crippen LogP contribution in [0.4, 0.5) is 9.59 Å². The second kappa shape index (κ2) is 13.2. The van der Waals surface area contributed by atoms with Crippen molar-refractivity contribution in [2.24, 2.45) is 11.3 Å². The van der Waals surface area contributed by atoms with Crippen LogP contribution in [0.3, 0.4) is 0 Å². The molecule has 3 aliphatic heterocycles. The van der Waals surface area contributed by atoms with Crippen molar-refractivity contribution in [3.05, 3.63) is 47.5 Å². The minimum Gasteiger partial charge on any atom is -0.444 e. The minimum atomic E-state index is -3.90. The molecule has 4 bridgehead atoms. The molecule has 0 radical (unpaired) electrons. The zero-order chi connectivity index (χ0) is 36.2. The van der Waals surface area contributed by atoms with Crippen LogP contribution in [-0.2, 0) is 48.7 Å². The Morgan fingerprint density at radius 3 is 2.48 bits per heavy atom. The van der Waals surface area contributed by atoms with E-state index < -0.39 is 80.2 Å². The summed E-state index contributed by atoms with van der Waals surface area (Å²) in [5, 5.41) is 5.00. The van der Waals surface area contributed by atoms with E-state index in [0.29, 0.717) is 32.5 Å². The fourth-order valence-corrected chi connectivity index (χ4v) is 8.64. The van der Waals surface area contributed by atoms with Gasteiger partial charge in [0.05, 0.1) is 11.8 Å². The van der Waals surface area contributed by atoms with Gasteiger partial charge in [-0.1, -0.05) is 45.0 Å². The summed E-state index contributed by atoms with van der Waals surface area (Å²) in [4.78, 5) is 73.4. The molecule has 3 N–H and O–H groups in total. The van der Waals surface area contributed by atoms with Crippen LogP contribution in [0.2, 0.25) is 0 Å². The molecule has 5 atom stereocenters. The summed E-state index contributed by atoms with van der Waals surface area (Å²) in [6.07, 6.45) is 3.40. The van der Waals surface area contributed by atoms with Crippen molar-refractivity contribution in [3.8, 4) is 0 Å². The number of rotatable bonds is 6. The molecule has 14 nitrogen and oxygen atoms in total. The van der Waals surface area contributed by atoms with Gasteiger partial charge in [-0.25, -0.2) is 18.0 Å². The summed E-state index contributed by atoms with van der Waals surface area (Å²) in [6.45, 7) is 10.3. The fraction of sp³-hybridized carbons (Fsp3) is 0.629. The Labute approximate surface area is 293 Å². The van der Waals surface area contributed by atoms with E-state index >= 15 is 0 Å². The van der Waals surface area contributed by atoms with Crippen LogP contribution in [0.15, 0.2) is 30.9 Å². The molecule has 0 spiro atoms. The van der Waals surface area contributed by atoms with Gasteiger partial charge >= 0.3 is 12.1 Å². The predicted molar refractivity (Wildman–Crippen MR) is 183 cm³/mol. The van der Waals surface area contributed by atoms with Gasteiger partial charge in [-0.15, -0.1) is 6.58 Å². The summed E-state index contributed by atoms with van der Waals surface area (Å²) in [7, 11) is -2.22. The first-order valence-corrected chi connectivity index (χ1v) is 19.0. The van der Waals surface area contributed by atoms with Gasteiger partial charge in [0.15, 0.2) is 0 Å². The first-order valence-electron chi connectivity index (χ1n) is 17.4. The summed E-state index contributed by atoms with van der Waals surface area (Å²) in [6, 6.07) is 3.37. The highest BCUT2D eigenvalue weighted by molar-refractivity contribution is 7.91. The molecule has 0 aromatic heterocycles. The fourth-order valence-electron chi connectivity index (χ4n) is 7.28. The van der Waals surface area contributed by atoms with Gasteiger partial charge < -0.3 is 25.2 Å². The number of nitrogens with zero attached hydrogens (tertiary/aromatic N) is 3. The predicted octanol–water partition coefficient (Wildman–Crippen LogP) is 2.17.